The average molecular weight is 511 g/mol. The summed E-state index contributed by atoms with van der Waals surface area (Å²) >= 11 is 0. The fourth-order valence-corrected chi connectivity index (χ4v) is 5.28. The Morgan fingerprint density at radius 2 is 1.63 bits per heavy atom. The Morgan fingerprint density at radius 3 is 2.20 bits per heavy atom. The zero-order chi connectivity index (χ0) is 25.8. The Hall–Kier alpha value is -3.05. The molecule has 1 aliphatic heterocycles. The van der Waals surface area contributed by atoms with Crippen LogP contribution in [-0.2, 0) is 14.8 Å². The topological polar surface area (TPSA) is 104 Å². The van der Waals surface area contributed by atoms with Crippen LogP contribution >= 0.6 is 0 Å². The van der Waals surface area contributed by atoms with E-state index < -0.39 is 33.0 Å². The first-order valence-electron chi connectivity index (χ1n) is 11.1. The van der Waals surface area contributed by atoms with Crippen molar-refractivity contribution >= 4 is 21.9 Å². The number of rotatable bonds is 9. The van der Waals surface area contributed by atoms with Crippen molar-refractivity contribution in [2.75, 3.05) is 32.8 Å². The second-order valence-corrected chi connectivity index (χ2v) is 10.9. The molecule has 0 atom stereocenters. The highest BCUT2D eigenvalue weighted by Gasteiger charge is 2.36. The Bertz CT molecular complexity index is 1180. The molecule has 1 saturated heterocycles. The van der Waals surface area contributed by atoms with E-state index in [2.05, 4.69) is 0 Å². The van der Waals surface area contributed by atoms with Gasteiger partial charge in [-0.05, 0) is 49.2 Å². The maximum atomic E-state index is 13.3. The predicted octanol–water partition coefficient (Wildman–Crippen LogP) is 3.38. The molecule has 1 heterocycles. The monoisotopic (exact) mass is 510 g/mol. The Kier molecular flexibility index (Phi) is 8.11. The predicted molar refractivity (Wildman–Crippen MR) is 124 cm³/mol. The number of carboxylic acids is 1. The van der Waals surface area contributed by atoms with E-state index in [1.165, 1.54) is 34.6 Å². The molecule has 190 valence electrons. The summed E-state index contributed by atoms with van der Waals surface area (Å²) < 4.78 is 58.8. The molecule has 8 nitrogen and oxygen atoms in total. The van der Waals surface area contributed by atoms with Gasteiger partial charge in [-0.15, -0.1) is 0 Å². The third-order valence-corrected chi connectivity index (χ3v) is 7.86. The molecular weight excluding hydrogens is 482 g/mol. The van der Waals surface area contributed by atoms with Crippen molar-refractivity contribution in [3.63, 3.8) is 0 Å². The summed E-state index contributed by atoms with van der Waals surface area (Å²) in [6.45, 7) is 4.57. The zero-order valence-corrected chi connectivity index (χ0v) is 20.4. The highest BCUT2D eigenvalue weighted by atomic mass is 32.2. The van der Waals surface area contributed by atoms with E-state index in [9.17, 15) is 26.8 Å². The highest BCUT2D eigenvalue weighted by molar-refractivity contribution is 7.89. The van der Waals surface area contributed by atoms with Crippen LogP contribution in [0.5, 0.6) is 5.75 Å². The first-order valence-corrected chi connectivity index (χ1v) is 12.6. The molecule has 1 amide bonds. The van der Waals surface area contributed by atoms with Crippen molar-refractivity contribution in [3.8, 4) is 5.75 Å². The number of carboxylic acid groups (broad SMARTS) is 1. The molecule has 0 bridgehead atoms. The van der Waals surface area contributed by atoms with E-state index in [1.54, 1.807) is 18.7 Å². The lowest BCUT2D eigenvalue weighted by atomic mass is 9.86. The molecule has 0 aliphatic carbocycles. The summed E-state index contributed by atoms with van der Waals surface area (Å²) in [5.41, 5.74) is -0.720. The number of nitrogens with zero attached hydrogens (tertiary/aromatic N) is 2. The van der Waals surface area contributed by atoms with Gasteiger partial charge in [0.25, 0.3) is 0 Å². The molecule has 1 N–H and O–H groups in total. The molecule has 0 spiro atoms. The maximum absolute atomic E-state index is 13.3. The Morgan fingerprint density at radius 1 is 1.00 bits per heavy atom. The first kappa shape index (κ1) is 26.6. The Balaban J connectivity index is 1.50. The number of carbonyl (C=O) groups is 2. The van der Waals surface area contributed by atoms with Crippen molar-refractivity contribution in [1.29, 1.82) is 0 Å². The zero-order valence-electron chi connectivity index (χ0n) is 19.5. The van der Waals surface area contributed by atoms with E-state index in [1.807, 2.05) is 0 Å². The van der Waals surface area contributed by atoms with Crippen molar-refractivity contribution in [2.45, 2.75) is 31.6 Å². The van der Waals surface area contributed by atoms with Crippen molar-refractivity contribution < 1.29 is 36.6 Å². The standard InChI is InChI=1S/C24H28F2N2O6S/c1-24(2,10-3-15-34-18-6-9-20(25)21(26)16-18)23(31)27-11-13-28(14-12-27)35(32,33)19-7-4-17(5-8-19)22(29)30/h4-9,16H,3,10-15H2,1-2H3,(H,29,30). The summed E-state index contributed by atoms with van der Waals surface area (Å²) in [7, 11) is -3.80. The van der Waals surface area contributed by atoms with Gasteiger partial charge in [-0.25, -0.2) is 22.0 Å². The molecule has 0 radical (unpaired) electrons. The highest BCUT2D eigenvalue weighted by Crippen LogP contribution is 2.27. The number of aromatic carboxylic acids is 1. The molecule has 0 unspecified atom stereocenters. The number of sulfonamides is 1. The van der Waals surface area contributed by atoms with Crippen molar-refractivity contribution in [3.05, 3.63) is 59.7 Å². The van der Waals surface area contributed by atoms with Gasteiger partial charge in [0.05, 0.1) is 17.1 Å². The van der Waals surface area contributed by atoms with E-state index in [4.69, 9.17) is 9.84 Å². The average Bonchev–Trinajstić information content (AvgIpc) is 2.83. The maximum Gasteiger partial charge on any atom is 0.335 e. The minimum Gasteiger partial charge on any atom is -0.493 e. The molecule has 2 aromatic rings. The number of ether oxygens (including phenoxy) is 1. The van der Waals surface area contributed by atoms with Gasteiger partial charge in [0, 0.05) is 37.7 Å². The van der Waals surface area contributed by atoms with Gasteiger partial charge in [0.1, 0.15) is 5.75 Å². The number of hydrogen-bond donors (Lipinski definition) is 1. The fraction of sp³-hybridized carbons (Fsp3) is 0.417. The largest absolute Gasteiger partial charge is 0.493 e. The van der Waals surface area contributed by atoms with Crippen molar-refractivity contribution in [2.24, 2.45) is 5.41 Å². The number of benzene rings is 2. The first-order chi connectivity index (χ1) is 16.4. The van der Waals surface area contributed by atoms with Crippen LogP contribution in [-0.4, -0.2) is 67.4 Å². The third-order valence-electron chi connectivity index (χ3n) is 5.95. The number of amides is 1. The molecule has 35 heavy (non-hydrogen) atoms. The number of halogens is 2. The second-order valence-electron chi connectivity index (χ2n) is 8.94. The van der Waals surface area contributed by atoms with Crippen LogP contribution < -0.4 is 4.74 Å². The van der Waals surface area contributed by atoms with Gasteiger partial charge < -0.3 is 14.7 Å². The van der Waals surface area contributed by atoms with Crippen LogP contribution in [0.25, 0.3) is 0 Å². The molecule has 3 rings (SSSR count). The van der Waals surface area contributed by atoms with Gasteiger partial charge >= 0.3 is 5.97 Å². The van der Waals surface area contributed by atoms with Crippen LogP contribution in [0.4, 0.5) is 8.78 Å². The number of carbonyl (C=O) groups excluding carboxylic acids is 1. The normalized spacial score (nSPS) is 15.1. The summed E-state index contributed by atoms with van der Waals surface area (Å²) in [6, 6.07) is 8.32. The fourth-order valence-electron chi connectivity index (χ4n) is 3.86. The molecule has 2 aromatic carbocycles. The van der Waals surface area contributed by atoms with Crippen LogP contribution in [0.15, 0.2) is 47.4 Å². The second kappa shape index (κ2) is 10.7. The van der Waals surface area contributed by atoms with E-state index in [0.29, 0.717) is 12.8 Å². The van der Waals surface area contributed by atoms with Crippen LogP contribution in [0.1, 0.15) is 37.0 Å². The lowest BCUT2D eigenvalue weighted by Crippen LogP contribution is -2.53. The number of hydrogen-bond acceptors (Lipinski definition) is 5. The molecule has 1 fully saturated rings. The van der Waals surface area contributed by atoms with Gasteiger partial charge in [-0.3, -0.25) is 4.79 Å². The summed E-state index contributed by atoms with van der Waals surface area (Å²) in [6.07, 6.45) is 1.00. The smallest absolute Gasteiger partial charge is 0.335 e. The minimum absolute atomic E-state index is 0.00294. The van der Waals surface area contributed by atoms with Gasteiger partial charge in [0.15, 0.2) is 11.6 Å². The lowest BCUT2D eigenvalue weighted by Gasteiger charge is -2.38. The van der Waals surface area contributed by atoms with E-state index in [0.717, 1.165) is 12.1 Å². The molecule has 11 heteroatoms. The number of piperazine rings is 1. The SMILES string of the molecule is CC(C)(CCCOc1ccc(F)c(F)c1)C(=O)N1CCN(S(=O)(=O)c2ccc(C(=O)O)cc2)CC1. The summed E-state index contributed by atoms with van der Waals surface area (Å²) in [5.74, 6) is -2.97. The van der Waals surface area contributed by atoms with Crippen LogP contribution in [0, 0.1) is 17.0 Å². The minimum atomic E-state index is -3.80. The molecule has 0 saturated carbocycles. The quantitative estimate of drug-likeness (QED) is 0.519. The van der Waals surface area contributed by atoms with E-state index >= 15 is 0 Å². The summed E-state index contributed by atoms with van der Waals surface area (Å²) in [5, 5.41) is 8.98. The third kappa shape index (κ3) is 6.34. The van der Waals surface area contributed by atoms with Gasteiger partial charge in [-0.1, -0.05) is 13.8 Å². The molecule has 1 aliphatic rings. The lowest BCUT2D eigenvalue weighted by molar-refractivity contribution is -0.142. The van der Waals surface area contributed by atoms with Gasteiger partial charge in [0.2, 0.25) is 15.9 Å². The van der Waals surface area contributed by atoms with Crippen LogP contribution in [0.2, 0.25) is 0 Å². The Labute approximate surface area is 203 Å². The molecular formula is C24H28F2N2O6S. The summed E-state index contributed by atoms with van der Waals surface area (Å²) in [4.78, 5) is 25.7. The van der Waals surface area contributed by atoms with Crippen molar-refractivity contribution in [1.82, 2.24) is 9.21 Å². The van der Waals surface area contributed by atoms with Crippen LogP contribution in [0.3, 0.4) is 0 Å². The molecule has 0 aromatic heterocycles. The van der Waals surface area contributed by atoms with E-state index in [-0.39, 0.29) is 54.9 Å². The van der Waals surface area contributed by atoms with Gasteiger partial charge in [-0.2, -0.15) is 4.31 Å².